The maximum absolute atomic E-state index is 11.1. The molecule has 3 N–H and O–H groups in total. The number of carboxylic acids is 1. The number of carbonyl (C=O) groups is 1. The molecule has 0 saturated heterocycles. The van der Waals surface area contributed by atoms with E-state index in [-0.39, 0.29) is 0 Å². The van der Waals surface area contributed by atoms with Gasteiger partial charge < -0.3 is 15.4 Å². The summed E-state index contributed by atoms with van der Waals surface area (Å²) in [4.78, 5) is 11.1. The summed E-state index contributed by atoms with van der Waals surface area (Å²) in [6.45, 7) is 3.49. The van der Waals surface area contributed by atoms with Gasteiger partial charge in [-0.2, -0.15) is 0 Å². The fraction of sp³-hybridized carbons (Fsp3) is 0.400. The van der Waals surface area contributed by atoms with Crippen molar-refractivity contribution >= 4 is 16.9 Å². The van der Waals surface area contributed by atoms with Gasteiger partial charge in [-0.3, -0.25) is 0 Å². The molecule has 0 radical (unpaired) electrons. The third kappa shape index (κ3) is 2.79. The molecule has 19 heavy (non-hydrogen) atoms. The van der Waals surface area contributed by atoms with Gasteiger partial charge in [0.2, 0.25) is 0 Å². The second-order valence-electron chi connectivity index (χ2n) is 4.78. The molecule has 0 bridgehead atoms. The molecular weight excluding hydrogens is 240 g/mol. The predicted octanol–water partition coefficient (Wildman–Crippen LogP) is 2.64. The minimum absolute atomic E-state index is 0.343. The highest BCUT2D eigenvalue weighted by Gasteiger charge is 2.11. The first-order valence-electron chi connectivity index (χ1n) is 6.72. The molecular formula is C15H20N2O2. The van der Waals surface area contributed by atoms with E-state index in [1.54, 1.807) is 12.1 Å². The summed E-state index contributed by atoms with van der Waals surface area (Å²) in [6.07, 6.45) is 5.33. The average Bonchev–Trinajstić information content (AvgIpc) is 2.74. The molecule has 4 nitrogen and oxygen atoms in total. The SMILES string of the molecule is CCCCc1cn(CCN)c2ccc(C(=O)O)cc12. The molecule has 1 aromatic heterocycles. The Balaban J connectivity index is 2.51. The standard InChI is InChI=1S/C15H20N2O2/c1-2-3-4-12-10-17(8-7-16)14-6-5-11(15(18)19)9-13(12)14/h5-6,9-10H,2-4,7-8,16H2,1H3,(H,18,19). The van der Waals surface area contributed by atoms with Crippen LogP contribution >= 0.6 is 0 Å². The van der Waals surface area contributed by atoms with Gasteiger partial charge in [-0.15, -0.1) is 0 Å². The number of rotatable bonds is 6. The molecule has 2 aromatic rings. The molecule has 0 fully saturated rings. The van der Waals surface area contributed by atoms with Crippen molar-refractivity contribution in [1.29, 1.82) is 0 Å². The highest BCUT2D eigenvalue weighted by atomic mass is 16.4. The van der Waals surface area contributed by atoms with Crippen LogP contribution in [0.4, 0.5) is 0 Å². The number of hydrogen-bond donors (Lipinski definition) is 2. The maximum Gasteiger partial charge on any atom is 0.335 e. The third-order valence-electron chi connectivity index (χ3n) is 3.38. The number of unbranched alkanes of at least 4 members (excludes halogenated alkanes) is 1. The molecule has 0 aliphatic carbocycles. The molecule has 0 amide bonds. The molecule has 4 heteroatoms. The average molecular weight is 260 g/mol. The molecule has 0 saturated carbocycles. The Morgan fingerprint density at radius 2 is 2.21 bits per heavy atom. The van der Waals surface area contributed by atoms with E-state index in [1.807, 2.05) is 6.07 Å². The summed E-state index contributed by atoms with van der Waals surface area (Å²) in [6, 6.07) is 5.31. The molecule has 0 spiro atoms. The second-order valence-corrected chi connectivity index (χ2v) is 4.78. The van der Waals surface area contributed by atoms with Crippen molar-refractivity contribution in [3.8, 4) is 0 Å². The van der Waals surface area contributed by atoms with E-state index in [0.717, 1.165) is 36.7 Å². The molecule has 0 unspecified atom stereocenters. The topological polar surface area (TPSA) is 68.2 Å². The van der Waals surface area contributed by atoms with Crippen LogP contribution in [0.25, 0.3) is 10.9 Å². The number of nitrogens with two attached hydrogens (primary N) is 1. The second kappa shape index (κ2) is 5.89. The van der Waals surface area contributed by atoms with Gasteiger partial charge in [0.25, 0.3) is 0 Å². The van der Waals surface area contributed by atoms with Gasteiger partial charge in [0.15, 0.2) is 0 Å². The molecule has 0 aliphatic heterocycles. The van der Waals surface area contributed by atoms with E-state index in [0.29, 0.717) is 12.1 Å². The molecule has 2 rings (SSSR count). The lowest BCUT2D eigenvalue weighted by Gasteiger charge is -2.02. The summed E-state index contributed by atoms with van der Waals surface area (Å²) in [5.41, 5.74) is 8.25. The van der Waals surface area contributed by atoms with Crippen LogP contribution in [0.5, 0.6) is 0 Å². The summed E-state index contributed by atoms with van der Waals surface area (Å²) in [5, 5.41) is 10.1. The Morgan fingerprint density at radius 3 is 2.84 bits per heavy atom. The van der Waals surface area contributed by atoms with Crippen molar-refractivity contribution in [2.45, 2.75) is 32.7 Å². The third-order valence-corrected chi connectivity index (χ3v) is 3.38. The normalized spacial score (nSPS) is 11.1. The van der Waals surface area contributed by atoms with Gasteiger partial charge in [0.1, 0.15) is 0 Å². The zero-order chi connectivity index (χ0) is 13.8. The van der Waals surface area contributed by atoms with Crippen molar-refractivity contribution in [2.75, 3.05) is 6.54 Å². The molecule has 1 heterocycles. The zero-order valence-electron chi connectivity index (χ0n) is 11.2. The fourth-order valence-electron chi connectivity index (χ4n) is 2.39. The van der Waals surface area contributed by atoms with E-state index in [1.165, 1.54) is 5.56 Å². The summed E-state index contributed by atoms with van der Waals surface area (Å²) in [7, 11) is 0. The number of aromatic nitrogens is 1. The number of aryl methyl sites for hydroxylation is 1. The Kier molecular flexibility index (Phi) is 4.22. The Bertz CT molecular complexity index is 587. The van der Waals surface area contributed by atoms with Crippen molar-refractivity contribution in [1.82, 2.24) is 4.57 Å². The molecule has 1 aromatic carbocycles. The van der Waals surface area contributed by atoms with Crippen LogP contribution in [0.15, 0.2) is 24.4 Å². The highest BCUT2D eigenvalue weighted by Crippen LogP contribution is 2.24. The fourth-order valence-corrected chi connectivity index (χ4v) is 2.39. The largest absolute Gasteiger partial charge is 0.478 e. The van der Waals surface area contributed by atoms with Crippen molar-refractivity contribution in [3.05, 3.63) is 35.5 Å². The van der Waals surface area contributed by atoms with Crippen LogP contribution in [0.1, 0.15) is 35.7 Å². The predicted molar refractivity (Wildman–Crippen MR) is 76.6 cm³/mol. The number of benzene rings is 1. The number of hydrogen-bond acceptors (Lipinski definition) is 2. The van der Waals surface area contributed by atoms with Crippen molar-refractivity contribution in [3.63, 3.8) is 0 Å². The smallest absolute Gasteiger partial charge is 0.335 e. The van der Waals surface area contributed by atoms with E-state index < -0.39 is 5.97 Å². The van der Waals surface area contributed by atoms with Crippen molar-refractivity contribution in [2.24, 2.45) is 5.73 Å². The quantitative estimate of drug-likeness (QED) is 0.839. The van der Waals surface area contributed by atoms with Gasteiger partial charge in [-0.05, 0) is 36.6 Å². The summed E-state index contributed by atoms with van der Waals surface area (Å²) < 4.78 is 2.12. The van der Waals surface area contributed by atoms with Crippen LogP contribution in [-0.4, -0.2) is 22.2 Å². The zero-order valence-corrected chi connectivity index (χ0v) is 11.2. The first-order chi connectivity index (χ1) is 9.17. The first kappa shape index (κ1) is 13.6. The molecule has 102 valence electrons. The lowest BCUT2D eigenvalue weighted by Crippen LogP contribution is -2.08. The van der Waals surface area contributed by atoms with Crippen LogP contribution in [0, 0.1) is 0 Å². The van der Waals surface area contributed by atoms with Gasteiger partial charge in [0.05, 0.1) is 5.56 Å². The summed E-state index contributed by atoms with van der Waals surface area (Å²) >= 11 is 0. The molecule has 0 atom stereocenters. The number of fused-ring (bicyclic) bond motifs is 1. The highest BCUT2D eigenvalue weighted by molar-refractivity contribution is 5.95. The minimum Gasteiger partial charge on any atom is -0.478 e. The monoisotopic (exact) mass is 260 g/mol. The van der Waals surface area contributed by atoms with Gasteiger partial charge in [0, 0.05) is 30.2 Å². The van der Waals surface area contributed by atoms with Crippen LogP contribution < -0.4 is 5.73 Å². The number of aromatic carboxylic acids is 1. The van der Waals surface area contributed by atoms with E-state index in [2.05, 4.69) is 17.7 Å². The minimum atomic E-state index is -0.880. The number of nitrogens with zero attached hydrogens (tertiary/aromatic N) is 1. The van der Waals surface area contributed by atoms with Gasteiger partial charge in [-0.1, -0.05) is 13.3 Å². The summed E-state index contributed by atoms with van der Waals surface area (Å²) in [5.74, 6) is -0.880. The maximum atomic E-state index is 11.1. The first-order valence-corrected chi connectivity index (χ1v) is 6.72. The van der Waals surface area contributed by atoms with Crippen molar-refractivity contribution < 1.29 is 9.90 Å². The Morgan fingerprint density at radius 1 is 1.42 bits per heavy atom. The van der Waals surface area contributed by atoms with Crippen LogP contribution in [0.2, 0.25) is 0 Å². The molecule has 0 aliphatic rings. The van der Waals surface area contributed by atoms with Gasteiger partial charge >= 0.3 is 5.97 Å². The van der Waals surface area contributed by atoms with Crippen LogP contribution in [0.3, 0.4) is 0 Å². The number of carboxylic acid groups (broad SMARTS) is 1. The lowest BCUT2D eigenvalue weighted by atomic mass is 10.1. The Labute approximate surface area is 112 Å². The van der Waals surface area contributed by atoms with Gasteiger partial charge in [-0.25, -0.2) is 4.79 Å². The lowest BCUT2D eigenvalue weighted by molar-refractivity contribution is 0.0697. The Hall–Kier alpha value is -1.81. The van der Waals surface area contributed by atoms with E-state index in [4.69, 9.17) is 10.8 Å². The van der Waals surface area contributed by atoms with E-state index in [9.17, 15) is 4.79 Å². The van der Waals surface area contributed by atoms with E-state index >= 15 is 0 Å². The van der Waals surface area contributed by atoms with Crippen LogP contribution in [-0.2, 0) is 13.0 Å².